The van der Waals surface area contributed by atoms with Crippen LogP contribution in [-0.2, 0) is 17.8 Å². The van der Waals surface area contributed by atoms with Crippen molar-refractivity contribution in [3.63, 3.8) is 0 Å². The lowest BCUT2D eigenvalue weighted by Crippen LogP contribution is -2.19. The first-order valence-electron chi connectivity index (χ1n) is 6.31. The Labute approximate surface area is 97.8 Å². The van der Waals surface area contributed by atoms with Crippen molar-refractivity contribution in [2.75, 3.05) is 19.8 Å². The molecule has 1 aliphatic rings. The zero-order chi connectivity index (χ0) is 11.2. The monoisotopic (exact) mass is 222 g/mol. The van der Waals surface area contributed by atoms with E-state index >= 15 is 0 Å². The molecule has 0 spiro atoms. The lowest BCUT2D eigenvalue weighted by molar-refractivity contribution is 0.0613. The van der Waals surface area contributed by atoms with Crippen LogP contribution in [0.2, 0.25) is 0 Å². The Hall–Kier alpha value is -0.800. The molecule has 3 nitrogen and oxygen atoms in total. The van der Waals surface area contributed by atoms with E-state index in [0.717, 1.165) is 38.8 Å². The minimum Gasteiger partial charge on any atom is -0.381 e. The van der Waals surface area contributed by atoms with Crippen molar-refractivity contribution in [1.29, 1.82) is 0 Å². The van der Waals surface area contributed by atoms with Gasteiger partial charge in [0.1, 0.15) is 0 Å². The molecule has 2 rings (SSSR count). The van der Waals surface area contributed by atoms with Crippen molar-refractivity contribution in [1.82, 2.24) is 9.88 Å². The van der Waals surface area contributed by atoms with Crippen molar-refractivity contribution >= 4 is 0 Å². The standard InChI is InChI=1S/C13H22N2O/c1-2-14-9-13-3-6-15(11-13)10-12-4-7-16-8-5-12/h3,6,11-12,14H,2,4-5,7-10H2,1H3. The summed E-state index contributed by atoms with van der Waals surface area (Å²) in [5, 5.41) is 3.35. The number of aromatic nitrogens is 1. The molecule has 0 bridgehead atoms. The summed E-state index contributed by atoms with van der Waals surface area (Å²) in [5.74, 6) is 0.799. The predicted molar refractivity (Wildman–Crippen MR) is 65.4 cm³/mol. The Morgan fingerprint density at radius 3 is 3.00 bits per heavy atom. The van der Waals surface area contributed by atoms with Gasteiger partial charge in [-0.2, -0.15) is 0 Å². The maximum atomic E-state index is 5.38. The van der Waals surface area contributed by atoms with Crippen molar-refractivity contribution in [3.8, 4) is 0 Å². The molecule has 0 atom stereocenters. The molecule has 1 aromatic rings. The summed E-state index contributed by atoms with van der Waals surface area (Å²) in [7, 11) is 0. The molecule has 0 amide bonds. The third-order valence-corrected chi connectivity index (χ3v) is 3.20. The molecule has 0 radical (unpaired) electrons. The topological polar surface area (TPSA) is 26.2 Å². The fraction of sp³-hybridized carbons (Fsp3) is 0.692. The number of ether oxygens (including phenoxy) is 1. The van der Waals surface area contributed by atoms with Crippen LogP contribution < -0.4 is 5.32 Å². The Bertz CT molecular complexity index is 303. The van der Waals surface area contributed by atoms with Gasteiger partial charge in [-0.05, 0) is 36.9 Å². The molecule has 0 aliphatic carbocycles. The Morgan fingerprint density at radius 2 is 2.25 bits per heavy atom. The normalized spacial score (nSPS) is 17.8. The fourth-order valence-corrected chi connectivity index (χ4v) is 2.21. The van der Waals surface area contributed by atoms with Gasteiger partial charge in [-0.15, -0.1) is 0 Å². The van der Waals surface area contributed by atoms with Crippen molar-refractivity contribution in [2.24, 2.45) is 5.92 Å². The molecular weight excluding hydrogens is 200 g/mol. The summed E-state index contributed by atoms with van der Waals surface area (Å²) in [6.45, 7) is 7.18. The van der Waals surface area contributed by atoms with E-state index < -0.39 is 0 Å². The van der Waals surface area contributed by atoms with Gasteiger partial charge in [0.25, 0.3) is 0 Å². The van der Waals surface area contributed by atoms with Crippen molar-refractivity contribution in [3.05, 3.63) is 24.0 Å². The highest BCUT2D eigenvalue weighted by Crippen LogP contribution is 2.17. The van der Waals surface area contributed by atoms with E-state index in [-0.39, 0.29) is 0 Å². The fourth-order valence-electron chi connectivity index (χ4n) is 2.21. The van der Waals surface area contributed by atoms with E-state index in [2.05, 4.69) is 35.3 Å². The minimum atomic E-state index is 0.799. The van der Waals surface area contributed by atoms with Gasteiger partial charge >= 0.3 is 0 Å². The third kappa shape index (κ3) is 3.35. The Morgan fingerprint density at radius 1 is 1.44 bits per heavy atom. The van der Waals surface area contributed by atoms with Crippen molar-refractivity contribution in [2.45, 2.75) is 32.9 Å². The number of nitrogens with zero attached hydrogens (tertiary/aromatic N) is 1. The molecule has 2 heterocycles. The van der Waals surface area contributed by atoms with Gasteiger partial charge in [-0.25, -0.2) is 0 Å². The second kappa shape index (κ2) is 6.06. The lowest BCUT2D eigenvalue weighted by Gasteiger charge is -2.22. The predicted octanol–water partition coefficient (Wildman–Crippen LogP) is 2.02. The van der Waals surface area contributed by atoms with Crippen LogP contribution in [0.25, 0.3) is 0 Å². The van der Waals surface area contributed by atoms with E-state index in [0.29, 0.717) is 0 Å². The molecule has 1 aliphatic heterocycles. The molecule has 1 N–H and O–H groups in total. The second-order valence-electron chi connectivity index (χ2n) is 4.55. The average Bonchev–Trinajstić information content (AvgIpc) is 2.75. The van der Waals surface area contributed by atoms with Crippen LogP contribution in [0.5, 0.6) is 0 Å². The van der Waals surface area contributed by atoms with E-state index in [1.165, 1.54) is 18.4 Å². The summed E-state index contributed by atoms with van der Waals surface area (Å²) in [4.78, 5) is 0. The maximum absolute atomic E-state index is 5.38. The first-order valence-corrected chi connectivity index (χ1v) is 6.31. The number of hydrogen-bond acceptors (Lipinski definition) is 2. The van der Waals surface area contributed by atoms with E-state index in [4.69, 9.17) is 4.74 Å². The Balaban J connectivity index is 1.81. The molecule has 16 heavy (non-hydrogen) atoms. The van der Waals surface area contributed by atoms with Crippen LogP contribution in [0, 0.1) is 5.92 Å². The summed E-state index contributed by atoms with van der Waals surface area (Å²) in [6, 6.07) is 2.21. The highest BCUT2D eigenvalue weighted by Gasteiger charge is 2.13. The lowest BCUT2D eigenvalue weighted by atomic mass is 10.0. The Kier molecular flexibility index (Phi) is 4.43. The first-order chi connectivity index (χ1) is 7.88. The number of hydrogen-bond donors (Lipinski definition) is 1. The summed E-state index contributed by atoms with van der Waals surface area (Å²) in [6.07, 6.45) is 6.88. The first kappa shape index (κ1) is 11.7. The minimum absolute atomic E-state index is 0.799. The van der Waals surface area contributed by atoms with Gasteiger partial charge in [-0.1, -0.05) is 6.92 Å². The van der Waals surface area contributed by atoms with E-state index in [1.54, 1.807) is 0 Å². The highest BCUT2D eigenvalue weighted by atomic mass is 16.5. The quantitative estimate of drug-likeness (QED) is 0.825. The van der Waals surface area contributed by atoms with Gasteiger partial charge in [0, 0.05) is 38.7 Å². The van der Waals surface area contributed by atoms with Crippen LogP contribution in [-0.4, -0.2) is 24.3 Å². The molecule has 0 aromatic carbocycles. The number of rotatable bonds is 5. The van der Waals surface area contributed by atoms with Gasteiger partial charge in [0.05, 0.1) is 0 Å². The van der Waals surface area contributed by atoms with E-state index in [1.807, 2.05) is 0 Å². The van der Waals surface area contributed by atoms with Crippen LogP contribution in [0.3, 0.4) is 0 Å². The van der Waals surface area contributed by atoms with Gasteiger partial charge in [0.15, 0.2) is 0 Å². The second-order valence-corrected chi connectivity index (χ2v) is 4.55. The zero-order valence-corrected chi connectivity index (χ0v) is 10.1. The summed E-state index contributed by atoms with van der Waals surface area (Å²) >= 11 is 0. The van der Waals surface area contributed by atoms with Crippen molar-refractivity contribution < 1.29 is 4.74 Å². The highest BCUT2D eigenvalue weighted by molar-refractivity contribution is 5.09. The number of nitrogens with one attached hydrogen (secondary N) is 1. The molecule has 1 saturated heterocycles. The summed E-state index contributed by atoms with van der Waals surface area (Å²) in [5.41, 5.74) is 1.38. The molecule has 0 saturated carbocycles. The van der Waals surface area contributed by atoms with Crippen LogP contribution in [0.1, 0.15) is 25.3 Å². The molecule has 1 fully saturated rings. The smallest absolute Gasteiger partial charge is 0.0469 e. The van der Waals surface area contributed by atoms with Gasteiger partial charge in [-0.3, -0.25) is 0 Å². The molecule has 90 valence electrons. The third-order valence-electron chi connectivity index (χ3n) is 3.20. The van der Waals surface area contributed by atoms with Crippen LogP contribution in [0.15, 0.2) is 18.5 Å². The average molecular weight is 222 g/mol. The van der Waals surface area contributed by atoms with Crippen LogP contribution in [0.4, 0.5) is 0 Å². The summed E-state index contributed by atoms with van der Waals surface area (Å²) < 4.78 is 7.70. The molecule has 1 aromatic heterocycles. The van der Waals surface area contributed by atoms with Gasteiger partial charge < -0.3 is 14.6 Å². The maximum Gasteiger partial charge on any atom is 0.0469 e. The molecule has 3 heteroatoms. The molecule has 0 unspecified atom stereocenters. The zero-order valence-electron chi connectivity index (χ0n) is 10.1. The SMILES string of the molecule is CCNCc1ccn(CC2CCOCC2)c1. The van der Waals surface area contributed by atoms with Crippen LogP contribution >= 0.6 is 0 Å². The van der Waals surface area contributed by atoms with E-state index in [9.17, 15) is 0 Å². The largest absolute Gasteiger partial charge is 0.381 e. The van der Waals surface area contributed by atoms with Gasteiger partial charge in [0.2, 0.25) is 0 Å². The molecular formula is C13H22N2O.